The van der Waals surface area contributed by atoms with E-state index < -0.39 is 0 Å². The minimum absolute atomic E-state index is 0.764. The van der Waals surface area contributed by atoms with Crippen molar-refractivity contribution in [3.05, 3.63) is 65.7 Å². The Morgan fingerprint density at radius 2 is 1.63 bits per heavy atom. The van der Waals surface area contributed by atoms with Gasteiger partial charge in [-0.15, -0.1) is 0 Å². The first kappa shape index (κ1) is 13.6. The molecular formula is C17H21NO. The highest BCUT2D eigenvalue weighted by molar-refractivity contribution is 5.27. The number of hydrogen-bond donors (Lipinski definition) is 1. The summed E-state index contributed by atoms with van der Waals surface area (Å²) < 4.78 is 5.74. The number of nitrogens with one attached hydrogen (secondary N) is 1. The fraction of sp³-hybridized carbons (Fsp3) is 0.294. The zero-order chi connectivity index (χ0) is 13.3. The quantitative estimate of drug-likeness (QED) is 0.765. The molecule has 0 radical (unpaired) electrons. The lowest BCUT2D eigenvalue weighted by molar-refractivity contribution is 0.311. The maximum absolute atomic E-state index is 5.74. The fourth-order valence-corrected chi connectivity index (χ4v) is 2.02. The van der Waals surface area contributed by atoms with Crippen LogP contribution in [0.3, 0.4) is 0 Å². The van der Waals surface area contributed by atoms with Gasteiger partial charge in [0.2, 0.25) is 0 Å². The first-order valence-electron chi connectivity index (χ1n) is 6.79. The molecule has 2 heteroatoms. The molecule has 0 bridgehead atoms. The molecule has 0 heterocycles. The molecule has 0 atom stereocenters. The van der Waals surface area contributed by atoms with E-state index >= 15 is 0 Å². The number of benzene rings is 2. The van der Waals surface area contributed by atoms with Crippen molar-refractivity contribution in [1.29, 1.82) is 0 Å². The third-order valence-electron chi connectivity index (χ3n) is 3.03. The van der Waals surface area contributed by atoms with Gasteiger partial charge in [-0.3, -0.25) is 0 Å². The van der Waals surface area contributed by atoms with Crippen molar-refractivity contribution in [2.75, 3.05) is 13.7 Å². The summed E-state index contributed by atoms with van der Waals surface area (Å²) in [5.74, 6) is 0.952. The Labute approximate surface area is 115 Å². The second-order valence-corrected chi connectivity index (χ2v) is 4.61. The summed E-state index contributed by atoms with van der Waals surface area (Å²) in [5, 5.41) is 3.13. The van der Waals surface area contributed by atoms with Crippen LogP contribution >= 0.6 is 0 Å². The Kier molecular flexibility index (Phi) is 5.45. The average Bonchev–Trinajstić information content (AvgIpc) is 2.47. The van der Waals surface area contributed by atoms with E-state index in [1.165, 1.54) is 11.1 Å². The average molecular weight is 255 g/mol. The van der Waals surface area contributed by atoms with Crippen molar-refractivity contribution in [3.63, 3.8) is 0 Å². The normalized spacial score (nSPS) is 10.4. The van der Waals surface area contributed by atoms with Crippen LogP contribution in [0.25, 0.3) is 0 Å². The second-order valence-electron chi connectivity index (χ2n) is 4.61. The monoisotopic (exact) mass is 255 g/mol. The molecule has 0 aliphatic heterocycles. The zero-order valence-electron chi connectivity index (χ0n) is 11.4. The lowest BCUT2D eigenvalue weighted by atomic mass is 10.1. The van der Waals surface area contributed by atoms with Gasteiger partial charge in [-0.05, 0) is 43.1 Å². The van der Waals surface area contributed by atoms with E-state index in [1.807, 2.05) is 25.2 Å². The number of rotatable bonds is 7. The molecule has 2 nitrogen and oxygen atoms in total. The smallest absolute Gasteiger partial charge is 0.119 e. The molecule has 0 saturated heterocycles. The van der Waals surface area contributed by atoms with E-state index in [9.17, 15) is 0 Å². The van der Waals surface area contributed by atoms with Crippen molar-refractivity contribution in [2.24, 2.45) is 0 Å². The highest BCUT2D eigenvalue weighted by Gasteiger charge is 1.96. The first-order chi connectivity index (χ1) is 9.38. The Bertz CT molecular complexity index is 464. The molecule has 0 aliphatic rings. The van der Waals surface area contributed by atoms with Crippen LogP contribution in [0.1, 0.15) is 17.5 Å². The molecule has 2 aromatic carbocycles. The number of aryl methyl sites for hydroxylation is 1. The van der Waals surface area contributed by atoms with E-state index in [4.69, 9.17) is 4.74 Å². The van der Waals surface area contributed by atoms with Crippen LogP contribution in [0.2, 0.25) is 0 Å². The largest absolute Gasteiger partial charge is 0.494 e. The van der Waals surface area contributed by atoms with Gasteiger partial charge in [-0.2, -0.15) is 0 Å². The summed E-state index contributed by atoms with van der Waals surface area (Å²) in [6.07, 6.45) is 2.11. The Hall–Kier alpha value is -1.80. The van der Waals surface area contributed by atoms with Crippen molar-refractivity contribution in [2.45, 2.75) is 19.4 Å². The maximum atomic E-state index is 5.74. The summed E-state index contributed by atoms with van der Waals surface area (Å²) in [6.45, 7) is 1.66. The van der Waals surface area contributed by atoms with Gasteiger partial charge in [-0.25, -0.2) is 0 Å². The Morgan fingerprint density at radius 1 is 0.895 bits per heavy atom. The van der Waals surface area contributed by atoms with E-state index in [-0.39, 0.29) is 0 Å². The molecular weight excluding hydrogens is 234 g/mol. The topological polar surface area (TPSA) is 21.3 Å². The second kappa shape index (κ2) is 7.59. The van der Waals surface area contributed by atoms with E-state index in [1.54, 1.807) is 0 Å². The molecule has 0 aliphatic carbocycles. The van der Waals surface area contributed by atoms with Crippen molar-refractivity contribution >= 4 is 0 Å². The summed E-state index contributed by atoms with van der Waals surface area (Å²) in [5.41, 5.74) is 2.65. The summed E-state index contributed by atoms with van der Waals surface area (Å²) in [4.78, 5) is 0. The lowest BCUT2D eigenvalue weighted by Gasteiger charge is -2.07. The highest BCUT2D eigenvalue weighted by atomic mass is 16.5. The molecule has 0 fully saturated rings. The van der Waals surface area contributed by atoms with Crippen LogP contribution in [0.15, 0.2) is 54.6 Å². The molecule has 1 N–H and O–H groups in total. The van der Waals surface area contributed by atoms with Crippen molar-refractivity contribution < 1.29 is 4.74 Å². The van der Waals surface area contributed by atoms with Crippen LogP contribution in [0.4, 0.5) is 0 Å². The first-order valence-corrected chi connectivity index (χ1v) is 6.79. The molecule has 0 amide bonds. The molecule has 100 valence electrons. The summed E-state index contributed by atoms with van der Waals surface area (Å²) in [6, 6.07) is 18.8. The standard InChI is InChI=1S/C17H21NO/c1-18-14-16-9-11-17(12-10-16)19-13-5-8-15-6-3-2-4-7-15/h2-4,6-7,9-12,18H,5,8,13-14H2,1H3. The van der Waals surface area contributed by atoms with Gasteiger partial charge in [0.25, 0.3) is 0 Å². The number of hydrogen-bond acceptors (Lipinski definition) is 2. The minimum Gasteiger partial charge on any atom is -0.494 e. The highest BCUT2D eigenvalue weighted by Crippen LogP contribution is 2.12. The molecule has 19 heavy (non-hydrogen) atoms. The third-order valence-corrected chi connectivity index (χ3v) is 3.03. The van der Waals surface area contributed by atoms with Crippen LogP contribution < -0.4 is 10.1 Å². The maximum Gasteiger partial charge on any atom is 0.119 e. The molecule has 0 spiro atoms. The fourth-order valence-electron chi connectivity index (χ4n) is 2.02. The van der Waals surface area contributed by atoms with Crippen LogP contribution in [0, 0.1) is 0 Å². The van der Waals surface area contributed by atoms with E-state index in [0.29, 0.717) is 0 Å². The van der Waals surface area contributed by atoms with Crippen molar-refractivity contribution in [3.8, 4) is 5.75 Å². The zero-order valence-corrected chi connectivity index (χ0v) is 11.4. The predicted octanol–water partition coefficient (Wildman–Crippen LogP) is 3.42. The summed E-state index contributed by atoms with van der Waals surface area (Å²) >= 11 is 0. The van der Waals surface area contributed by atoms with Crippen molar-refractivity contribution in [1.82, 2.24) is 5.32 Å². The SMILES string of the molecule is CNCc1ccc(OCCCc2ccccc2)cc1. The van der Waals surface area contributed by atoms with Gasteiger partial charge in [0.05, 0.1) is 6.61 Å². The summed E-state index contributed by atoms with van der Waals surface area (Å²) in [7, 11) is 1.95. The molecule has 0 saturated carbocycles. The number of ether oxygens (including phenoxy) is 1. The molecule has 0 unspecified atom stereocenters. The van der Waals surface area contributed by atoms with E-state index in [0.717, 1.165) is 31.7 Å². The lowest BCUT2D eigenvalue weighted by Crippen LogP contribution is -2.05. The predicted molar refractivity (Wildman–Crippen MR) is 79.5 cm³/mol. The van der Waals surface area contributed by atoms with Gasteiger partial charge in [-0.1, -0.05) is 42.5 Å². The van der Waals surface area contributed by atoms with Crippen LogP contribution in [-0.4, -0.2) is 13.7 Å². The van der Waals surface area contributed by atoms with Gasteiger partial charge < -0.3 is 10.1 Å². The third kappa shape index (κ3) is 4.76. The molecule has 2 aromatic rings. The minimum atomic E-state index is 0.764. The van der Waals surface area contributed by atoms with Gasteiger partial charge in [0.1, 0.15) is 5.75 Å². The van der Waals surface area contributed by atoms with Crippen LogP contribution in [-0.2, 0) is 13.0 Å². The van der Waals surface area contributed by atoms with Gasteiger partial charge in [0, 0.05) is 6.54 Å². The van der Waals surface area contributed by atoms with Crippen LogP contribution in [0.5, 0.6) is 5.75 Å². The molecule has 2 rings (SSSR count). The Morgan fingerprint density at radius 3 is 2.32 bits per heavy atom. The Balaban J connectivity index is 1.70. The van der Waals surface area contributed by atoms with Gasteiger partial charge in [0.15, 0.2) is 0 Å². The van der Waals surface area contributed by atoms with E-state index in [2.05, 4.69) is 41.7 Å². The van der Waals surface area contributed by atoms with Gasteiger partial charge >= 0.3 is 0 Å². The molecule has 0 aromatic heterocycles.